The zero-order chi connectivity index (χ0) is 26.2. The van der Waals surface area contributed by atoms with E-state index < -0.39 is 11.9 Å². The van der Waals surface area contributed by atoms with E-state index in [9.17, 15) is 14.7 Å². The molecule has 4 rings (SSSR count). The molecule has 3 unspecified atom stereocenters. The molecular formula is C28H41N5O4. The van der Waals surface area contributed by atoms with Crippen molar-refractivity contribution in [1.82, 2.24) is 19.6 Å². The van der Waals surface area contributed by atoms with E-state index in [2.05, 4.69) is 23.0 Å². The number of ether oxygens (including phenoxy) is 1. The van der Waals surface area contributed by atoms with Crippen molar-refractivity contribution >= 4 is 11.9 Å². The number of carbonyl (C=O) groups is 2. The average Bonchev–Trinajstić information content (AvgIpc) is 3.64. The molecule has 0 radical (unpaired) electrons. The number of hydrogen-bond donors (Lipinski definition) is 2. The van der Waals surface area contributed by atoms with E-state index in [-0.39, 0.29) is 24.4 Å². The molecule has 1 amide bonds. The van der Waals surface area contributed by atoms with Crippen molar-refractivity contribution in [3.05, 3.63) is 47.8 Å². The molecule has 0 saturated carbocycles. The molecule has 0 bridgehead atoms. The maximum atomic E-state index is 13.5. The zero-order valence-corrected chi connectivity index (χ0v) is 21.9. The number of rotatable bonds is 14. The highest BCUT2D eigenvalue weighted by Crippen LogP contribution is 2.41. The Balaban J connectivity index is 1.56. The number of likely N-dealkylation sites (tertiary alicyclic amines) is 1. The van der Waals surface area contributed by atoms with Crippen LogP contribution in [-0.2, 0) is 22.6 Å². The maximum absolute atomic E-state index is 13.5. The van der Waals surface area contributed by atoms with Crippen LogP contribution in [0.15, 0.2) is 36.7 Å². The molecule has 37 heavy (non-hydrogen) atoms. The van der Waals surface area contributed by atoms with Crippen molar-refractivity contribution in [2.75, 3.05) is 39.3 Å². The van der Waals surface area contributed by atoms with Gasteiger partial charge in [0.15, 0.2) is 0 Å². The van der Waals surface area contributed by atoms with Crippen molar-refractivity contribution in [1.29, 1.82) is 0 Å². The number of hydrogen-bond acceptors (Lipinski definition) is 6. The van der Waals surface area contributed by atoms with Gasteiger partial charge in [-0.3, -0.25) is 19.2 Å². The molecule has 1 fully saturated rings. The summed E-state index contributed by atoms with van der Waals surface area (Å²) < 4.78 is 7.50. The molecule has 1 aromatic carbocycles. The number of aryl methyl sites for hydroxylation is 1. The zero-order valence-electron chi connectivity index (χ0n) is 21.9. The monoisotopic (exact) mass is 511 g/mol. The van der Waals surface area contributed by atoms with Gasteiger partial charge in [-0.05, 0) is 55.5 Å². The van der Waals surface area contributed by atoms with E-state index in [1.54, 1.807) is 6.20 Å². The molecule has 9 heteroatoms. The fourth-order valence-corrected chi connectivity index (χ4v) is 5.76. The predicted octanol–water partition coefficient (Wildman–Crippen LogP) is 2.74. The van der Waals surface area contributed by atoms with E-state index in [0.717, 1.165) is 55.5 Å². The molecule has 1 saturated heterocycles. The highest BCUT2D eigenvalue weighted by molar-refractivity contribution is 5.79. The Morgan fingerprint density at radius 2 is 2.08 bits per heavy atom. The number of carboxylic acid groups (broad SMARTS) is 1. The summed E-state index contributed by atoms with van der Waals surface area (Å²) in [5.74, 6) is -0.653. The van der Waals surface area contributed by atoms with E-state index in [4.69, 9.17) is 10.5 Å². The Bertz CT molecular complexity index is 1030. The van der Waals surface area contributed by atoms with Gasteiger partial charge in [-0.15, -0.1) is 0 Å². The second-order valence-corrected chi connectivity index (χ2v) is 10.2. The summed E-state index contributed by atoms with van der Waals surface area (Å²) in [6, 6.07) is 7.68. The van der Waals surface area contributed by atoms with Crippen LogP contribution < -0.4 is 10.5 Å². The van der Waals surface area contributed by atoms with Crippen LogP contribution in [0.1, 0.15) is 56.1 Å². The lowest BCUT2D eigenvalue weighted by Gasteiger charge is -2.29. The summed E-state index contributed by atoms with van der Waals surface area (Å²) in [5.41, 5.74) is 7.83. The van der Waals surface area contributed by atoms with Crippen LogP contribution in [0.3, 0.4) is 0 Å². The summed E-state index contributed by atoms with van der Waals surface area (Å²) in [6.07, 6.45) is 8.81. The first-order valence-corrected chi connectivity index (χ1v) is 13.7. The third-order valence-corrected chi connectivity index (χ3v) is 7.74. The van der Waals surface area contributed by atoms with Crippen LogP contribution in [-0.4, -0.2) is 81.9 Å². The molecule has 3 atom stereocenters. The topological polar surface area (TPSA) is 114 Å². The number of benzene rings is 1. The standard InChI is InChI=1S/C28H41N5O4/c1-2-3-13-31(14-5-4-11-29)26(34)20-32-19-23(21-7-8-25-22(18-21)10-17-37-25)27(28(35)36)24(32)9-16-33-15-6-12-30-33/h6-8,12,15,18,23-24,27H,2-5,9-11,13-14,16-17,19-20,29H2,1H3,(H,35,36). The minimum atomic E-state index is -0.812. The fraction of sp³-hybridized carbons (Fsp3) is 0.607. The number of nitrogens with zero attached hydrogens (tertiary/aromatic N) is 4. The normalized spacial score (nSPS) is 21.1. The molecule has 2 aliphatic heterocycles. The number of carboxylic acids is 1. The largest absolute Gasteiger partial charge is 0.493 e. The van der Waals surface area contributed by atoms with E-state index in [1.807, 2.05) is 34.0 Å². The molecule has 3 heterocycles. The van der Waals surface area contributed by atoms with E-state index >= 15 is 0 Å². The average molecular weight is 512 g/mol. The van der Waals surface area contributed by atoms with Crippen LogP contribution >= 0.6 is 0 Å². The quantitative estimate of drug-likeness (QED) is 0.375. The molecule has 0 aliphatic carbocycles. The molecule has 0 spiro atoms. The second-order valence-electron chi connectivity index (χ2n) is 10.2. The van der Waals surface area contributed by atoms with Gasteiger partial charge in [-0.25, -0.2) is 0 Å². The highest BCUT2D eigenvalue weighted by Gasteiger charge is 2.47. The Morgan fingerprint density at radius 3 is 2.81 bits per heavy atom. The molecule has 9 nitrogen and oxygen atoms in total. The number of amides is 1. The summed E-state index contributed by atoms with van der Waals surface area (Å²) >= 11 is 0. The Hall–Kier alpha value is -2.91. The highest BCUT2D eigenvalue weighted by atomic mass is 16.5. The number of aromatic nitrogens is 2. The minimum Gasteiger partial charge on any atom is -0.493 e. The molecule has 2 aliphatic rings. The van der Waals surface area contributed by atoms with Gasteiger partial charge in [0, 0.05) is 57.0 Å². The fourth-order valence-electron chi connectivity index (χ4n) is 5.76. The predicted molar refractivity (Wildman–Crippen MR) is 141 cm³/mol. The Morgan fingerprint density at radius 1 is 1.24 bits per heavy atom. The van der Waals surface area contributed by atoms with Crippen molar-refractivity contribution in [3.63, 3.8) is 0 Å². The van der Waals surface area contributed by atoms with Crippen molar-refractivity contribution < 1.29 is 19.4 Å². The van der Waals surface area contributed by atoms with Gasteiger partial charge < -0.3 is 20.5 Å². The Labute approximate surface area is 219 Å². The SMILES string of the molecule is CCCCN(CCCCN)C(=O)CN1CC(c2ccc3c(c2)CCO3)C(C(=O)O)C1CCn1cccn1. The van der Waals surface area contributed by atoms with Gasteiger partial charge in [0.05, 0.1) is 19.1 Å². The third-order valence-electron chi connectivity index (χ3n) is 7.74. The third kappa shape index (κ3) is 6.70. The van der Waals surface area contributed by atoms with Crippen LogP contribution in [0.4, 0.5) is 0 Å². The van der Waals surface area contributed by atoms with Crippen LogP contribution in [0.2, 0.25) is 0 Å². The smallest absolute Gasteiger partial charge is 0.308 e. The van der Waals surface area contributed by atoms with Crippen molar-refractivity contribution in [2.45, 2.75) is 64.0 Å². The molecule has 3 N–H and O–H groups in total. The number of unbranched alkanes of at least 4 members (excludes halogenated alkanes) is 2. The number of aliphatic carboxylic acids is 1. The first-order valence-electron chi connectivity index (χ1n) is 13.7. The van der Waals surface area contributed by atoms with Crippen LogP contribution in [0.25, 0.3) is 0 Å². The first-order chi connectivity index (χ1) is 18.0. The molecule has 2 aromatic rings. The van der Waals surface area contributed by atoms with Crippen LogP contribution in [0, 0.1) is 5.92 Å². The number of carbonyl (C=O) groups excluding carboxylic acids is 1. The lowest BCUT2D eigenvalue weighted by Crippen LogP contribution is -2.45. The number of nitrogens with two attached hydrogens (primary N) is 1. The summed E-state index contributed by atoms with van der Waals surface area (Å²) in [4.78, 5) is 30.3. The lowest BCUT2D eigenvalue weighted by molar-refractivity contribution is -0.144. The minimum absolute atomic E-state index is 0.0710. The van der Waals surface area contributed by atoms with Gasteiger partial charge in [0.1, 0.15) is 5.75 Å². The summed E-state index contributed by atoms with van der Waals surface area (Å²) in [5, 5.41) is 14.7. The van der Waals surface area contributed by atoms with Gasteiger partial charge >= 0.3 is 5.97 Å². The van der Waals surface area contributed by atoms with Gasteiger partial charge in [0.25, 0.3) is 0 Å². The van der Waals surface area contributed by atoms with Gasteiger partial charge in [0.2, 0.25) is 5.91 Å². The molecular weight excluding hydrogens is 470 g/mol. The van der Waals surface area contributed by atoms with Crippen molar-refractivity contribution in [2.24, 2.45) is 11.7 Å². The Kier molecular flexibility index (Phi) is 9.57. The second kappa shape index (κ2) is 13.1. The van der Waals surface area contributed by atoms with Crippen LogP contribution in [0.5, 0.6) is 5.75 Å². The summed E-state index contributed by atoms with van der Waals surface area (Å²) in [6.45, 7) is 6.19. The maximum Gasteiger partial charge on any atom is 0.308 e. The summed E-state index contributed by atoms with van der Waals surface area (Å²) in [7, 11) is 0. The van der Waals surface area contributed by atoms with E-state index in [0.29, 0.717) is 39.2 Å². The molecule has 202 valence electrons. The van der Waals surface area contributed by atoms with Crippen molar-refractivity contribution in [3.8, 4) is 5.75 Å². The lowest BCUT2D eigenvalue weighted by atomic mass is 9.83. The number of fused-ring (bicyclic) bond motifs is 1. The van der Waals surface area contributed by atoms with Gasteiger partial charge in [-0.1, -0.05) is 25.5 Å². The molecule has 1 aromatic heterocycles. The van der Waals surface area contributed by atoms with Gasteiger partial charge in [-0.2, -0.15) is 5.10 Å². The van der Waals surface area contributed by atoms with E-state index in [1.165, 1.54) is 0 Å². The first kappa shape index (κ1) is 27.1.